The highest BCUT2D eigenvalue weighted by molar-refractivity contribution is 5.80. The maximum Gasteiger partial charge on any atom is 0.255 e. The van der Waals surface area contributed by atoms with Crippen LogP contribution in [0.1, 0.15) is 19.3 Å². The van der Waals surface area contributed by atoms with Crippen LogP contribution in [0.15, 0.2) is 36.4 Å². The van der Waals surface area contributed by atoms with Gasteiger partial charge in [0.1, 0.15) is 5.82 Å². The highest BCUT2D eigenvalue weighted by Crippen LogP contribution is 2.25. The summed E-state index contributed by atoms with van der Waals surface area (Å²) in [5.74, 6) is 0.922. The number of benzene rings is 1. The number of fused-ring (bicyclic) bond motifs is 1. The Hall–Kier alpha value is -2.24. The van der Waals surface area contributed by atoms with Crippen molar-refractivity contribution in [2.75, 3.05) is 24.5 Å². The van der Waals surface area contributed by atoms with E-state index in [4.69, 9.17) is 4.98 Å². The molecule has 128 valence electrons. The number of hydrogen-bond donors (Lipinski definition) is 1. The summed E-state index contributed by atoms with van der Waals surface area (Å²) in [6.07, 6.45) is -0.423. The van der Waals surface area contributed by atoms with Crippen molar-refractivity contribution >= 4 is 22.6 Å². The number of halogens is 2. The smallest absolute Gasteiger partial charge is 0.255 e. The van der Waals surface area contributed by atoms with E-state index in [2.05, 4.69) is 16.3 Å². The zero-order chi connectivity index (χ0) is 16.9. The van der Waals surface area contributed by atoms with Gasteiger partial charge >= 0.3 is 0 Å². The summed E-state index contributed by atoms with van der Waals surface area (Å²) in [6.45, 7) is 1.11. The number of pyridine rings is 1. The number of piperidine rings is 1. The Morgan fingerprint density at radius 1 is 1.21 bits per heavy atom. The molecule has 0 saturated carbocycles. The fourth-order valence-electron chi connectivity index (χ4n) is 3.12. The van der Waals surface area contributed by atoms with Crippen LogP contribution in [0, 0.1) is 5.92 Å². The summed E-state index contributed by atoms with van der Waals surface area (Å²) in [5, 5.41) is 3.39. The van der Waals surface area contributed by atoms with Crippen LogP contribution in [-0.4, -0.2) is 37.0 Å². The first-order valence-electron chi connectivity index (χ1n) is 8.27. The van der Waals surface area contributed by atoms with Gasteiger partial charge in [-0.15, -0.1) is 0 Å². The summed E-state index contributed by atoms with van der Waals surface area (Å²) in [5.41, 5.74) is 0.975. The molecule has 1 amide bonds. The third kappa shape index (κ3) is 4.19. The van der Waals surface area contributed by atoms with E-state index in [1.54, 1.807) is 0 Å². The van der Waals surface area contributed by atoms with Crippen LogP contribution in [0.3, 0.4) is 0 Å². The molecule has 1 aliphatic rings. The van der Waals surface area contributed by atoms with Crippen molar-refractivity contribution in [3.05, 3.63) is 36.4 Å². The number of rotatable bonds is 5. The van der Waals surface area contributed by atoms with Crippen molar-refractivity contribution in [3.8, 4) is 0 Å². The molecule has 1 aromatic heterocycles. The van der Waals surface area contributed by atoms with E-state index < -0.39 is 13.0 Å². The second kappa shape index (κ2) is 7.55. The number of carbonyl (C=O) groups excluding carboxylic acids is 1. The van der Waals surface area contributed by atoms with Gasteiger partial charge in [0.05, 0.1) is 12.1 Å². The largest absolute Gasteiger partial charge is 0.357 e. The molecule has 2 aromatic rings. The Morgan fingerprint density at radius 2 is 1.96 bits per heavy atom. The minimum atomic E-state index is -2.49. The van der Waals surface area contributed by atoms with Crippen molar-refractivity contribution in [3.63, 3.8) is 0 Å². The molecule has 0 aliphatic carbocycles. The van der Waals surface area contributed by atoms with Gasteiger partial charge in [0.2, 0.25) is 5.91 Å². The first-order chi connectivity index (χ1) is 11.6. The highest BCUT2D eigenvalue weighted by Gasteiger charge is 2.22. The fraction of sp³-hybridized carbons (Fsp3) is 0.444. The number of para-hydroxylation sites is 1. The van der Waals surface area contributed by atoms with Gasteiger partial charge in [0.15, 0.2) is 0 Å². The number of amides is 1. The molecule has 3 rings (SSSR count). The third-order valence-electron chi connectivity index (χ3n) is 4.45. The third-order valence-corrected chi connectivity index (χ3v) is 4.45. The predicted molar refractivity (Wildman–Crippen MR) is 90.3 cm³/mol. The lowest BCUT2D eigenvalue weighted by molar-refractivity contribution is -0.122. The summed E-state index contributed by atoms with van der Waals surface area (Å²) in [6, 6.07) is 12.1. The maximum atomic E-state index is 12.1. The molecule has 0 unspecified atom stereocenters. The lowest BCUT2D eigenvalue weighted by Crippen LogP contribution is -2.37. The maximum absolute atomic E-state index is 12.1. The van der Waals surface area contributed by atoms with Crippen LogP contribution >= 0.6 is 0 Å². The van der Waals surface area contributed by atoms with E-state index in [-0.39, 0.29) is 11.8 Å². The summed E-state index contributed by atoms with van der Waals surface area (Å²) in [7, 11) is 0. The number of alkyl halides is 2. The van der Waals surface area contributed by atoms with Crippen molar-refractivity contribution in [1.82, 2.24) is 10.3 Å². The Bertz CT molecular complexity index is 699. The van der Waals surface area contributed by atoms with Crippen molar-refractivity contribution in [2.45, 2.75) is 25.7 Å². The van der Waals surface area contributed by atoms with E-state index in [1.165, 1.54) is 0 Å². The zero-order valence-electron chi connectivity index (χ0n) is 13.4. The number of hydrogen-bond acceptors (Lipinski definition) is 3. The molecule has 0 bridgehead atoms. The Balaban J connectivity index is 1.53. The van der Waals surface area contributed by atoms with Gasteiger partial charge in [0, 0.05) is 24.9 Å². The SMILES string of the molecule is O=C(CC1CCN(c2ccc3ccccc3n2)CC1)NCC(F)F. The molecule has 2 heterocycles. The normalized spacial score (nSPS) is 15.9. The second-order valence-corrected chi connectivity index (χ2v) is 6.19. The molecule has 1 saturated heterocycles. The second-order valence-electron chi connectivity index (χ2n) is 6.19. The summed E-state index contributed by atoms with van der Waals surface area (Å²) in [4.78, 5) is 18.6. The van der Waals surface area contributed by atoms with Gasteiger partial charge < -0.3 is 10.2 Å². The van der Waals surface area contributed by atoms with Crippen molar-refractivity contribution in [2.24, 2.45) is 5.92 Å². The minimum Gasteiger partial charge on any atom is -0.357 e. The number of carbonyl (C=O) groups is 1. The number of aromatic nitrogens is 1. The molecular weight excluding hydrogens is 312 g/mol. The fourth-order valence-corrected chi connectivity index (χ4v) is 3.12. The van der Waals surface area contributed by atoms with Gasteiger partial charge in [-0.2, -0.15) is 0 Å². The Kier molecular flexibility index (Phi) is 5.23. The monoisotopic (exact) mass is 333 g/mol. The molecule has 0 radical (unpaired) electrons. The van der Waals surface area contributed by atoms with Gasteiger partial charge in [-0.3, -0.25) is 4.79 Å². The lowest BCUT2D eigenvalue weighted by Gasteiger charge is -2.32. The van der Waals surface area contributed by atoms with Crippen molar-refractivity contribution in [1.29, 1.82) is 0 Å². The van der Waals surface area contributed by atoms with Crippen LogP contribution in [0.25, 0.3) is 10.9 Å². The van der Waals surface area contributed by atoms with Crippen LogP contribution in [0.4, 0.5) is 14.6 Å². The molecule has 24 heavy (non-hydrogen) atoms. The van der Waals surface area contributed by atoms with Gasteiger partial charge in [-0.25, -0.2) is 13.8 Å². The van der Waals surface area contributed by atoms with E-state index >= 15 is 0 Å². The van der Waals surface area contributed by atoms with E-state index in [1.807, 2.05) is 30.3 Å². The van der Waals surface area contributed by atoms with Crippen LogP contribution in [0.5, 0.6) is 0 Å². The number of nitrogens with zero attached hydrogens (tertiary/aromatic N) is 2. The number of nitrogens with one attached hydrogen (secondary N) is 1. The molecule has 1 aromatic carbocycles. The lowest BCUT2D eigenvalue weighted by atomic mass is 9.93. The van der Waals surface area contributed by atoms with E-state index in [9.17, 15) is 13.6 Å². The molecule has 1 aliphatic heterocycles. The predicted octanol–water partition coefficient (Wildman–Crippen LogP) is 3.22. The molecule has 6 heteroatoms. The zero-order valence-corrected chi connectivity index (χ0v) is 13.4. The molecule has 4 nitrogen and oxygen atoms in total. The van der Waals surface area contributed by atoms with Crippen LogP contribution in [0.2, 0.25) is 0 Å². The molecule has 1 fully saturated rings. The van der Waals surface area contributed by atoms with Gasteiger partial charge in [-0.05, 0) is 37.0 Å². The van der Waals surface area contributed by atoms with Crippen LogP contribution < -0.4 is 10.2 Å². The van der Waals surface area contributed by atoms with Gasteiger partial charge in [-0.1, -0.05) is 18.2 Å². The molecular formula is C18H21F2N3O. The van der Waals surface area contributed by atoms with Gasteiger partial charge in [0.25, 0.3) is 6.43 Å². The topological polar surface area (TPSA) is 45.2 Å². The molecule has 0 atom stereocenters. The summed E-state index contributed by atoms with van der Waals surface area (Å²) < 4.78 is 24.2. The first-order valence-corrected chi connectivity index (χ1v) is 8.27. The molecule has 1 N–H and O–H groups in total. The number of anilines is 1. The Labute approximate surface area is 139 Å². The van der Waals surface area contributed by atoms with Crippen molar-refractivity contribution < 1.29 is 13.6 Å². The molecule has 0 spiro atoms. The standard InChI is InChI=1S/C18H21F2N3O/c19-16(20)12-21-18(24)11-13-7-9-23(10-8-13)17-6-5-14-3-1-2-4-15(14)22-17/h1-6,13,16H,7-12H2,(H,21,24). The average Bonchev–Trinajstić information content (AvgIpc) is 2.60. The highest BCUT2D eigenvalue weighted by atomic mass is 19.3. The Morgan fingerprint density at radius 3 is 2.71 bits per heavy atom. The minimum absolute atomic E-state index is 0.249. The average molecular weight is 333 g/mol. The van der Waals surface area contributed by atoms with E-state index in [0.717, 1.165) is 42.7 Å². The quantitative estimate of drug-likeness (QED) is 0.914. The van der Waals surface area contributed by atoms with Crippen LogP contribution in [-0.2, 0) is 4.79 Å². The summed E-state index contributed by atoms with van der Waals surface area (Å²) >= 11 is 0. The first kappa shape index (κ1) is 16.6. The van der Waals surface area contributed by atoms with E-state index in [0.29, 0.717) is 6.42 Å².